The van der Waals surface area contributed by atoms with Gasteiger partial charge in [-0.25, -0.2) is 0 Å². The van der Waals surface area contributed by atoms with Gasteiger partial charge in [0.25, 0.3) is 0 Å². The molecule has 1 fully saturated rings. The molecule has 2 nitrogen and oxygen atoms in total. The first-order chi connectivity index (χ1) is 8.20. The highest BCUT2D eigenvalue weighted by molar-refractivity contribution is 8.00. The van der Waals surface area contributed by atoms with Gasteiger partial charge >= 0.3 is 0 Å². The average Bonchev–Trinajstić information content (AvgIpc) is 2.71. The van der Waals surface area contributed by atoms with E-state index in [9.17, 15) is 0 Å². The Morgan fingerprint density at radius 1 is 1.59 bits per heavy atom. The van der Waals surface area contributed by atoms with Crippen molar-refractivity contribution in [3.8, 4) is 0 Å². The van der Waals surface area contributed by atoms with E-state index in [-0.39, 0.29) is 0 Å². The molecule has 1 aromatic rings. The van der Waals surface area contributed by atoms with Gasteiger partial charge in [0, 0.05) is 28.7 Å². The molecule has 1 saturated heterocycles. The third-order valence-electron chi connectivity index (χ3n) is 3.08. The van der Waals surface area contributed by atoms with Crippen molar-refractivity contribution in [1.29, 1.82) is 0 Å². The fourth-order valence-corrected chi connectivity index (χ4v) is 3.65. The van der Waals surface area contributed by atoms with Crippen LogP contribution in [0.2, 0.25) is 5.02 Å². The van der Waals surface area contributed by atoms with Crippen LogP contribution in [0, 0.1) is 0 Å². The van der Waals surface area contributed by atoms with Gasteiger partial charge in [-0.05, 0) is 31.0 Å². The molecule has 0 aliphatic carbocycles. The summed E-state index contributed by atoms with van der Waals surface area (Å²) in [4.78, 5) is 0. The van der Waals surface area contributed by atoms with E-state index >= 15 is 0 Å². The zero-order valence-electron chi connectivity index (χ0n) is 9.93. The van der Waals surface area contributed by atoms with Crippen LogP contribution in [0.25, 0.3) is 0 Å². The molecule has 0 spiro atoms. The number of benzene rings is 1. The monoisotopic (exact) mass is 271 g/mol. The van der Waals surface area contributed by atoms with Gasteiger partial charge in [0.15, 0.2) is 0 Å². The van der Waals surface area contributed by atoms with Crippen LogP contribution in [0.3, 0.4) is 0 Å². The lowest BCUT2D eigenvalue weighted by Crippen LogP contribution is -2.19. The Kier molecular flexibility index (Phi) is 4.74. The summed E-state index contributed by atoms with van der Waals surface area (Å²) in [5.41, 5.74) is 7.09. The van der Waals surface area contributed by atoms with Crippen molar-refractivity contribution in [2.24, 2.45) is 5.73 Å². The summed E-state index contributed by atoms with van der Waals surface area (Å²) in [5, 5.41) is 1.63. The molecule has 0 radical (unpaired) electrons. The topological polar surface area (TPSA) is 35.2 Å². The molecule has 0 amide bonds. The second kappa shape index (κ2) is 6.10. The zero-order chi connectivity index (χ0) is 12.3. The maximum absolute atomic E-state index is 6.02. The van der Waals surface area contributed by atoms with Gasteiger partial charge < -0.3 is 10.5 Å². The first-order valence-corrected chi connectivity index (χ1v) is 7.25. The summed E-state index contributed by atoms with van der Waals surface area (Å²) in [5.74, 6) is 0. The predicted molar refractivity (Wildman–Crippen MR) is 74.7 cm³/mol. The molecule has 1 aliphatic heterocycles. The van der Waals surface area contributed by atoms with E-state index in [0.29, 0.717) is 23.1 Å². The van der Waals surface area contributed by atoms with Crippen molar-refractivity contribution in [1.82, 2.24) is 0 Å². The fourth-order valence-electron chi connectivity index (χ4n) is 2.08. The van der Waals surface area contributed by atoms with Gasteiger partial charge in [-0.3, -0.25) is 0 Å². The molecule has 3 unspecified atom stereocenters. The van der Waals surface area contributed by atoms with Crippen LogP contribution in [-0.2, 0) is 4.74 Å². The van der Waals surface area contributed by atoms with Gasteiger partial charge in [-0.1, -0.05) is 23.7 Å². The van der Waals surface area contributed by atoms with Gasteiger partial charge in [0.05, 0.1) is 6.10 Å². The Hall–Kier alpha value is -0.220. The Morgan fingerprint density at radius 2 is 2.41 bits per heavy atom. The molecular formula is C13H18ClNOS. The summed E-state index contributed by atoms with van der Waals surface area (Å²) in [6, 6.07) is 7.98. The molecule has 94 valence electrons. The molecule has 17 heavy (non-hydrogen) atoms. The van der Waals surface area contributed by atoms with Crippen LogP contribution in [0.1, 0.15) is 24.2 Å². The second-order valence-corrected chi connectivity index (χ2v) is 6.20. The van der Waals surface area contributed by atoms with Gasteiger partial charge in [-0.2, -0.15) is 0 Å². The number of hydrogen-bond acceptors (Lipinski definition) is 3. The largest absolute Gasteiger partial charge is 0.377 e. The number of halogens is 1. The number of rotatable bonds is 4. The first-order valence-electron chi connectivity index (χ1n) is 5.93. The fraction of sp³-hybridized carbons (Fsp3) is 0.538. The highest BCUT2D eigenvalue weighted by Gasteiger charge is 2.27. The van der Waals surface area contributed by atoms with E-state index in [0.717, 1.165) is 18.1 Å². The third-order valence-corrected chi connectivity index (χ3v) is 5.08. The van der Waals surface area contributed by atoms with Gasteiger partial charge in [0.2, 0.25) is 0 Å². The summed E-state index contributed by atoms with van der Waals surface area (Å²) in [6.07, 6.45) is 1.44. The molecule has 3 atom stereocenters. The lowest BCUT2D eigenvalue weighted by molar-refractivity contribution is 0.127. The van der Waals surface area contributed by atoms with Gasteiger partial charge in [0.1, 0.15) is 0 Å². The molecule has 2 N–H and O–H groups in total. The highest BCUT2D eigenvalue weighted by atomic mass is 35.5. The Bertz CT molecular complexity index is 374. The zero-order valence-corrected chi connectivity index (χ0v) is 11.5. The second-order valence-electron chi connectivity index (χ2n) is 4.32. The average molecular weight is 272 g/mol. The minimum absolute atomic E-state index is 0.308. The predicted octanol–water partition coefficient (Wildman–Crippen LogP) is 3.25. The molecule has 0 bridgehead atoms. The summed E-state index contributed by atoms with van der Waals surface area (Å²) in [7, 11) is 0. The lowest BCUT2D eigenvalue weighted by atomic mass is 10.1. The molecular weight excluding hydrogens is 254 g/mol. The first kappa shape index (κ1) is 13.2. The third kappa shape index (κ3) is 3.38. The van der Waals surface area contributed by atoms with Crippen LogP contribution < -0.4 is 5.73 Å². The summed E-state index contributed by atoms with van der Waals surface area (Å²) in [6.45, 7) is 3.64. The molecule has 0 saturated carbocycles. The maximum Gasteiger partial charge on any atom is 0.0666 e. The normalized spacial score (nSPS) is 26.1. The maximum atomic E-state index is 6.02. The van der Waals surface area contributed by atoms with Crippen molar-refractivity contribution in [2.75, 3.05) is 13.2 Å². The molecule has 1 aromatic carbocycles. The molecule has 4 heteroatoms. The minimum atomic E-state index is 0.308. The van der Waals surface area contributed by atoms with Crippen molar-refractivity contribution in [3.05, 3.63) is 34.9 Å². The number of hydrogen-bond donors (Lipinski definition) is 1. The van der Waals surface area contributed by atoms with Crippen LogP contribution in [0.5, 0.6) is 0 Å². The number of nitrogens with two attached hydrogens (primary N) is 1. The van der Waals surface area contributed by atoms with E-state index in [1.54, 1.807) is 0 Å². The molecule has 0 aromatic heterocycles. The Balaban J connectivity index is 2.06. The molecule has 1 aliphatic rings. The van der Waals surface area contributed by atoms with Crippen molar-refractivity contribution >= 4 is 23.4 Å². The van der Waals surface area contributed by atoms with Crippen molar-refractivity contribution < 1.29 is 4.74 Å². The van der Waals surface area contributed by atoms with Crippen LogP contribution in [0.15, 0.2) is 24.3 Å². The van der Waals surface area contributed by atoms with E-state index in [1.165, 1.54) is 5.56 Å². The summed E-state index contributed by atoms with van der Waals surface area (Å²) >= 11 is 7.93. The van der Waals surface area contributed by atoms with Crippen LogP contribution >= 0.6 is 23.4 Å². The van der Waals surface area contributed by atoms with E-state index in [4.69, 9.17) is 22.1 Å². The van der Waals surface area contributed by atoms with Crippen molar-refractivity contribution in [2.45, 2.75) is 29.9 Å². The molecule has 2 rings (SSSR count). The smallest absolute Gasteiger partial charge is 0.0666 e. The Morgan fingerprint density at radius 3 is 3.00 bits per heavy atom. The minimum Gasteiger partial charge on any atom is -0.377 e. The summed E-state index contributed by atoms with van der Waals surface area (Å²) < 4.78 is 5.58. The highest BCUT2D eigenvalue weighted by Crippen LogP contribution is 2.37. The molecule has 1 heterocycles. The van der Waals surface area contributed by atoms with Crippen LogP contribution in [0.4, 0.5) is 0 Å². The van der Waals surface area contributed by atoms with E-state index in [2.05, 4.69) is 13.0 Å². The lowest BCUT2D eigenvalue weighted by Gasteiger charge is -2.21. The van der Waals surface area contributed by atoms with Crippen molar-refractivity contribution in [3.63, 3.8) is 0 Å². The number of thioether (sulfide) groups is 1. The van der Waals surface area contributed by atoms with Gasteiger partial charge in [-0.15, -0.1) is 11.8 Å². The van der Waals surface area contributed by atoms with E-state index in [1.807, 2.05) is 30.0 Å². The standard InChI is InChI=1S/C13H18ClNOS/c1-9-12(5-6-16-9)17-13(8-15)10-3-2-4-11(14)7-10/h2-4,7,9,12-13H,5-6,8,15H2,1H3. The van der Waals surface area contributed by atoms with Crippen LogP contribution in [-0.4, -0.2) is 24.5 Å². The Labute approximate surface area is 112 Å². The number of ether oxygens (including phenoxy) is 1. The van der Waals surface area contributed by atoms with E-state index < -0.39 is 0 Å². The SMILES string of the molecule is CC1OCCC1SC(CN)c1cccc(Cl)c1. The quantitative estimate of drug-likeness (QED) is 0.913.